The first-order valence-corrected chi connectivity index (χ1v) is 9.90. The third-order valence-electron chi connectivity index (χ3n) is 3.00. The molecule has 0 unspecified atom stereocenters. The quantitative estimate of drug-likeness (QED) is 0.714. The van der Waals surface area contributed by atoms with Gasteiger partial charge in [-0.05, 0) is 31.5 Å². The Labute approximate surface area is 153 Å². The zero-order valence-electron chi connectivity index (χ0n) is 12.7. The zero-order chi connectivity index (χ0) is 17.9. The van der Waals surface area contributed by atoms with Crippen molar-refractivity contribution in [2.75, 3.05) is 5.32 Å². The number of nitrogens with one attached hydrogen (secondary N) is 2. The Kier molecular flexibility index (Phi) is 6.16. The van der Waals surface area contributed by atoms with Gasteiger partial charge < -0.3 is 0 Å². The number of nitrogens with zero attached hydrogens (tertiary/aromatic N) is 2. The summed E-state index contributed by atoms with van der Waals surface area (Å²) in [6, 6.07) is 4.19. The largest absolute Gasteiger partial charge is 0.296 e. The lowest BCUT2D eigenvalue weighted by Crippen LogP contribution is -2.31. The monoisotopic (exact) mass is 408 g/mol. The fourth-order valence-corrected chi connectivity index (χ4v) is 4.34. The summed E-state index contributed by atoms with van der Waals surface area (Å²) >= 11 is 12.5. The molecule has 0 aliphatic rings. The van der Waals surface area contributed by atoms with Crippen LogP contribution in [0.4, 0.5) is 5.13 Å². The molecule has 7 nitrogen and oxygen atoms in total. The minimum Gasteiger partial charge on any atom is -0.296 e. The van der Waals surface area contributed by atoms with Crippen LogP contribution in [0.1, 0.15) is 30.6 Å². The molecular weight excluding hydrogens is 395 g/mol. The lowest BCUT2D eigenvalue weighted by molar-refractivity contribution is 0.102. The number of carbonyl (C=O) groups excluding carboxylic acids is 1. The van der Waals surface area contributed by atoms with Crippen LogP contribution in [0.5, 0.6) is 0 Å². The number of carbonyl (C=O) groups is 1. The number of hydrogen-bond acceptors (Lipinski definition) is 6. The summed E-state index contributed by atoms with van der Waals surface area (Å²) in [7, 11) is -3.76. The average molecular weight is 409 g/mol. The third-order valence-corrected chi connectivity index (χ3v) is 6.34. The number of amides is 1. The summed E-state index contributed by atoms with van der Waals surface area (Å²) in [6.07, 6.45) is 0.636. The molecule has 1 aromatic carbocycles. The van der Waals surface area contributed by atoms with Crippen molar-refractivity contribution < 1.29 is 13.2 Å². The van der Waals surface area contributed by atoms with Crippen LogP contribution in [0, 0.1) is 0 Å². The van der Waals surface area contributed by atoms with Crippen LogP contribution in [0.15, 0.2) is 22.5 Å². The summed E-state index contributed by atoms with van der Waals surface area (Å²) in [6.45, 7) is 3.60. The second kappa shape index (κ2) is 7.75. The summed E-state index contributed by atoms with van der Waals surface area (Å²) in [4.78, 5) is 12.2. The number of benzene rings is 1. The topological polar surface area (TPSA) is 101 Å². The molecule has 2 N–H and O–H groups in total. The molecule has 0 bridgehead atoms. The molecule has 0 aliphatic carbocycles. The zero-order valence-corrected chi connectivity index (χ0v) is 15.9. The van der Waals surface area contributed by atoms with E-state index in [4.69, 9.17) is 23.2 Å². The molecular formula is C13H14Cl2N4O3S2. The van der Waals surface area contributed by atoms with E-state index >= 15 is 0 Å². The van der Waals surface area contributed by atoms with E-state index in [9.17, 15) is 13.2 Å². The van der Waals surface area contributed by atoms with Crippen molar-refractivity contribution >= 4 is 55.6 Å². The molecule has 1 aromatic heterocycles. The molecule has 0 saturated heterocycles. The normalized spacial score (nSPS) is 12.8. The van der Waals surface area contributed by atoms with E-state index in [0.717, 1.165) is 11.3 Å². The molecule has 0 radical (unpaired) electrons. The Morgan fingerprint density at radius 2 is 2.04 bits per heavy atom. The molecule has 2 rings (SSSR count). The van der Waals surface area contributed by atoms with Crippen LogP contribution < -0.4 is 10.0 Å². The number of rotatable bonds is 6. The summed E-state index contributed by atoms with van der Waals surface area (Å²) in [5.41, 5.74) is 0.193. The van der Waals surface area contributed by atoms with Gasteiger partial charge in [-0.1, -0.05) is 41.5 Å². The van der Waals surface area contributed by atoms with Gasteiger partial charge in [0.2, 0.25) is 9.47 Å². The van der Waals surface area contributed by atoms with Gasteiger partial charge in [0, 0.05) is 11.1 Å². The minimum absolute atomic E-state index is 0.0514. The third kappa shape index (κ3) is 4.64. The molecule has 0 aliphatic heterocycles. The molecule has 130 valence electrons. The van der Waals surface area contributed by atoms with Gasteiger partial charge >= 0.3 is 0 Å². The lowest BCUT2D eigenvalue weighted by atomic mass is 10.2. The predicted molar refractivity (Wildman–Crippen MR) is 94.4 cm³/mol. The standard InChI is InChI=1S/C13H14Cl2N4O3S2/c1-3-7(2)19-24(21,22)13-18-17-12(23-13)16-11(20)9-5-4-8(14)6-10(9)15/h4-7,19H,3H2,1-2H3,(H,16,17,20)/t7-/m1/s1. The van der Waals surface area contributed by atoms with Crippen molar-refractivity contribution in [2.45, 2.75) is 30.6 Å². The van der Waals surface area contributed by atoms with Crippen molar-refractivity contribution in [3.8, 4) is 0 Å². The Hall–Kier alpha value is -1.26. The summed E-state index contributed by atoms with van der Waals surface area (Å²) in [5.74, 6) is -0.536. The number of anilines is 1. The molecule has 2 aromatic rings. The van der Waals surface area contributed by atoms with E-state index < -0.39 is 15.9 Å². The number of halogens is 2. The molecule has 11 heteroatoms. The van der Waals surface area contributed by atoms with Crippen LogP contribution in [0.3, 0.4) is 0 Å². The minimum atomic E-state index is -3.76. The van der Waals surface area contributed by atoms with Gasteiger partial charge in [0.05, 0.1) is 10.6 Å². The second-order valence-electron chi connectivity index (χ2n) is 4.88. The van der Waals surface area contributed by atoms with Gasteiger partial charge in [-0.15, -0.1) is 10.2 Å². The van der Waals surface area contributed by atoms with Gasteiger partial charge in [0.25, 0.3) is 15.9 Å². The maximum absolute atomic E-state index is 12.2. The van der Waals surface area contributed by atoms with Gasteiger partial charge in [0.15, 0.2) is 0 Å². The highest BCUT2D eigenvalue weighted by atomic mass is 35.5. The van der Waals surface area contributed by atoms with Crippen LogP contribution in [0.2, 0.25) is 10.0 Å². The van der Waals surface area contributed by atoms with Gasteiger partial charge in [-0.25, -0.2) is 13.1 Å². The molecule has 1 atom stereocenters. The maximum Gasteiger partial charge on any atom is 0.270 e. The van der Waals surface area contributed by atoms with E-state index in [1.165, 1.54) is 18.2 Å². The van der Waals surface area contributed by atoms with Crippen molar-refractivity contribution in [3.05, 3.63) is 33.8 Å². The fourth-order valence-electron chi connectivity index (χ4n) is 1.61. The molecule has 24 heavy (non-hydrogen) atoms. The summed E-state index contributed by atoms with van der Waals surface area (Å²) in [5, 5.41) is 10.4. The van der Waals surface area contributed by atoms with Crippen molar-refractivity contribution in [1.82, 2.24) is 14.9 Å². The number of hydrogen-bond donors (Lipinski definition) is 2. The van der Waals surface area contributed by atoms with Crippen molar-refractivity contribution in [3.63, 3.8) is 0 Å². The lowest BCUT2D eigenvalue weighted by Gasteiger charge is -2.09. The molecule has 0 saturated carbocycles. The Balaban J connectivity index is 2.15. The first-order valence-electron chi connectivity index (χ1n) is 6.85. The highest BCUT2D eigenvalue weighted by Crippen LogP contribution is 2.24. The predicted octanol–water partition coefficient (Wildman–Crippen LogP) is 3.17. The number of sulfonamides is 1. The first-order chi connectivity index (χ1) is 11.2. The van der Waals surface area contributed by atoms with E-state index in [1.807, 2.05) is 6.92 Å². The molecule has 0 spiro atoms. The SMILES string of the molecule is CC[C@@H](C)NS(=O)(=O)c1nnc(NC(=O)c2ccc(Cl)cc2Cl)s1. The van der Waals surface area contributed by atoms with Crippen LogP contribution >= 0.6 is 34.5 Å². The highest BCUT2D eigenvalue weighted by Gasteiger charge is 2.23. The first kappa shape index (κ1) is 19.1. The molecule has 0 fully saturated rings. The van der Waals surface area contributed by atoms with Crippen LogP contribution in [0.25, 0.3) is 0 Å². The Morgan fingerprint density at radius 3 is 2.67 bits per heavy atom. The molecule has 1 heterocycles. The Bertz CT molecular complexity index is 855. The number of aromatic nitrogens is 2. The molecule has 1 amide bonds. The second-order valence-corrected chi connectivity index (χ2v) is 8.59. The van der Waals surface area contributed by atoms with Gasteiger partial charge in [-0.3, -0.25) is 10.1 Å². The maximum atomic E-state index is 12.2. The van der Waals surface area contributed by atoms with Gasteiger partial charge in [0.1, 0.15) is 0 Å². The fraction of sp³-hybridized carbons (Fsp3) is 0.308. The highest BCUT2D eigenvalue weighted by molar-refractivity contribution is 7.91. The van der Waals surface area contributed by atoms with E-state index in [1.54, 1.807) is 6.92 Å². The summed E-state index contributed by atoms with van der Waals surface area (Å²) < 4.78 is 26.5. The van der Waals surface area contributed by atoms with Crippen molar-refractivity contribution in [2.24, 2.45) is 0 Å². The van der Waals surface area contributed by atoms with Crippen molar-refractivity contribution in [1.29, 1.82) is 0 Å². The van der Waals surface area contributed by atoms with Gasteiger partial charge in [-0.2, -0.15) is 0 Å². The van der Waals surface area contributed by atoms with E-state index in [-0.39, 0.29) is 26.1 Å². The average Bonchev–Trinajstić information content (AvgIpc) is 2.95. The van der Waals surface area contributed by atoms with E-state index in [2.05, 4.69) is 20.2 Å². The van der Waals surface area contributed by atoms with E-state index in [0.29, 0.717) is 11.4 Å². The van der Waals surface area contributed by atoms with Crippen LogP contribution in [-0.4, -0.2) is 30.6 Å². The smallest absolute Gasteiger partial charge is 0.270 e. The Morgan fingerprint density at radius 1 is 1.33 bits per heavy atom. The van der Waals surface area contributed by atoms with Crippen LogP contribution in [-0.2, 0) is 10.0 Å².